The van der Waals surface area contributed by atoms with Gasteiger partial charge in [-0.05, 0) is 43.7 Å². The highest BCUT2D eigenvalue weighted by molar-refractivity contribution is 7.89. The van der Waals surface area contributed by atoms with Gasteiger partial charge in [0.25, 0.3) is 0 Å². The Bertz CT molecular complexity index is 628. The maximum absolute atomic E-state index is 11.7. The molecule has 2 atom stereocenters. The molecular weight excluding hydrogens is 286 g/mol. The van der Waals surface area contributed by atoms with E-state index in [9.17, 15) is 8.42 Å². The lowest BCUT2D eigenvalue weighted by Crippen LogP contribution is -2.47. The topological polar surface area (TPSA) is 89.4 Å². The Morgan fingerprint density at radius 2 is 1.81 bits per heavy atom. The maximum atomic E-state index is 11.7. The van der Waals surface area contributed by atoms with Crippen molar-refractivity contribution in [3.63, 3.8) is 0 Å². The van der Waals surface area contributed by atoms with E-state index >= 15 is 0 Å². The molecule has 0 unspecified atom stereocenters. The van der Waals surface area contributed by atoms with Gasteiger partial charge in [0.1, 0.15) is 4.90 Å². The highest BCUT2D eigenvalue weighted by Crippen LogP contribution is 2.40. The zero-order chi connectivity index (χ0) is 15.0. The first-order valence-electron chi connectivity index (χ1n) is 7.66. The number of primary sulfonamides is 1. The van der Waals surface area contributed by atoms with E-state index in [1.54, 1.807) is 6.07 Å². The first kappa shape index (κ1) is 14.7. The predicted octanol–water partition coefficient (Wildman–Crippen LogP) is 2.08. The van der Waals surface area contributed by atoms with E-state index in [0.29, 0.717) is 17.6 Å². The number of hydrogen-bond acceptors (Lipinski definition) is 4. The molecule has 0 amide bonds. The van der Waals surface area contributed by atoms with Crippen LogP contribution in [0.1, 0.15) is 38.5 Å². The molecule has 0 radical (unpaired) electrons. The van der Waals surface area contributed by atoms with E-state index < -0.39 is 10.0 Å². The Kier molecular flexibility index (Phi) is 3.84. The normalized spacial score (nSPS) is 26.4. The van der Waals surface area contributed by atoms with Gasteiger partial charge in [-0.25, -0.2) is 13.6 Å². The Morgan fingerprint density at radius 3 is 2.57 bits per heavy atom. The van der Waals surface area contributed by atoms with Crippen LogP contribution in [0.25, 0.3) is 0 Å². The second-order valence-electron chi connectivity index (χ2n) is 6.18. The number of benzene rings is 1. The second kappa shape index (κ2) is 5.50. The molecule has 1 saturated heterocycles. The van der Waals surface area contributed by atoms with E-state index in [4.69, 9.17) is 10.9 Å². The number of para-hydroxylation sites is 1. The number of hydrogen-bond donors (Lipinski definition) is 2. The van der Waals surface area contributed by atoms with Crippen LogP contribution in [0, 0.1) is 5.92 Å². The lowest BCUT2D eigenvalue weighted by molar-refractivity contribution is 0.244. The summed E-state index contributed by atoms with van der Waals surface area (Å²) in [4.78, 5) is 2.36. The fourth-order valence-electron chi connectivity index (χ4n) is 3.95. The Labute approximate surface area is 126 Å². The molecule has 1 aliphatic carbocycles. The summed E-state index contributed by atoms with van der Waals surface area (Å²) in [6.45, 7) is 0.944. The minimum absolute atomic E-state index is 0.0398. The van der Waals surface area contributed by atoms with Crippen LogP contribution in [0.5, 0.6) is 0 Å². The molecule has 1 aromatic carbocycles. The molecule has 2 aliphatic rings. The van der Waals surface area contributed by atoms with Gasteiger partial charge in [0.2, 0.25) is 10.0 Å². The molecule has 116 valence electrons. The van der Waals surface area contributed by atoms with Gasteiger partial charge >= 0.3 is 0 Å². The molecule has 1 saturated carbocycles. The summed E-state index contributed by atoms with van der Waals surface area (Å²) < 4.78 is 23.3. The largest absolute Gasteiger partial charge is 0.396 e. The van der Waals surface area contributed by atoms with E-state index in [-0.39, 0.29) is 4.90 Å². The van der Waals surface area contributed by atoms with Gasteiger partial charge in [0.05, 0.1) is 11.4 Å². The molecule has 4 N–H and O–H groups in total. The first-order valence-corrected chi connectivity index (χ1v) is 9.21. The average molecular weight is 309 g/mol. The van der Waals surface area contributed by atoms with Gasteiger partial charge in [0.15, 0.2) is 0 Å². The van der Waals surface area contributed by atoms with Crippen molar-refractivity contribution in [2.24, 2.45) is 11.1 Å². The molecule has 2 fully saturated rings. The summed E-state index contributed by atoms with van der Waals surface area (Å²) >= 11 is 0. The SMILES string of the molecule is Nc1c(N2CCC[C@H]3CCCC[C@H]32)cccc1S(N)(=O)=O. The van der Waals surface area contributed by atoms with Crippen LogP contribution in [0.15, 0.2) is 23.1 Å². The fraction of sp³-hybridized carbons (Fsp3) is 0.600. The molecule has 1 heterocycles. The average Bonchev–Trinajstić information content (AvgIpc) is 2.46. The van der Waals surface area contributed by atoms with Crippen molar-refractivity contribution >= 4 is 21.4 Å². The van der Waals surface area contributed by atoms with E-state index in [1.165, 1.54) is 38.2 Å². The van der Waals surface area contributed by atoms with Gasteiger partial charge in [0, 0.05) is 12.6 Å². The molecule has 21 heavy (non-hydrogen) atoms. The molecule has 5 nitrogen and oxygen atoms in total. The van der Waals surface area contributed by atoms with Crippen molar-refractivity contribution in [2.75, 3.05) is 17.2 Å². The zero-order valence-corrected chi connectivity index (χ0v) is 13.0. The van der Waals surface area contributed by atoms with Crippen molar-refractivity contribution < 1.29 is 8.42 Å². The molecule has 3 rings (SSSR count). The van der Waals surface area contributed by atoms with E-state index in [2.05, 4.69) is 4.90 Å². The smallest absolute Gasteiger partial charge is 0.240 e. The van der Waals surface area contributed by atoms with Crippen molar-refractivity contribution in [3.8, 4) is 0 Å². The Hall–Kier alpha value is -1.27. The van der Waals surface area contributed by atoms with Crippen molar-refractivity contribution in [2.45, 2.75) is 49.5 Å². The second-order valence-corrected chi connectivity index (χ2v) is 7.71. The van der Waals surface area contributed by atoms with Crippen LogP contribution < -0.4 is 15.8 Å². The third-order valence-corrected chi connectivity index (χ3v) is 5.87. The number of anilines is 2. The third kappa shape index (κ3) is 2.74. The number of sulfonamides is 1. The van der Waals surface area contributed by atoms with Crippen molar-refractivity contribution in [1.29, 1.82) is 0 Å². The van der Waals surface area contributed by atoms with Crippen LogP contribution in [0.2, 0.25) is 0 Å². The number of nitrogens with two attached hydrogens (primary N) is 2. The summed E-state index contributed by atoms with van der Waals surface area (Å²) in [7, 11) is -3.78. The van der Waals surface area contributed by atoms with E-state index in [0.717, 1.165) is 18.7 Å². The van der Waals surface area contributed by atoms with Gasteiger partial charge < -0.3 is 10.6 Å². The summed E-state index contributed by atoms with van der Waals surface area (Å²) in [5, 5.41) is 5.26. The summed E-state index contributed by atoms with van der Waals surface area (Å²) in [5.74, 6) is 0.713. The lowest BCUT2D eigenvalue weighted by Gasteiger charge is -2.46. The number of piperidine rings is 1. The highest BCUT2D eigenvalue weighted by atomic mass is 32.2. The molecular formula is C15H23N3O2S. The van der Waals surface area contributed by atoms with Gasteiger partial charge in [-0.2, -0.15) is 0 Å². The molecule has 0 spiro atoms. The minimum Gasteiger partial charge on any atom is -0.396 e. The molecule has 1 aromatic rings. The summed E-state index contributed by atoms with van der Waals surface area (Å²) in [6.07, 6.45) is 7.41. The van der Waals surface area contributed by atoms with Gasteiger partial charge in [-0.15, -0.1) is 0 Å². The van der Waals surface area contributed by atoms with Crippen LogP contribution in [-0.4, -0.2) is 21.0 Å². The summed E-state index contributed by atoms with van der Waals surface area (Å²) in [6, 6.07) is 5.63. The monoisotopic (exact) mass is 309 g/mol. The number of fused-ring (bicyclic) bond motifs is 1. The number of nitrogens with zero attached hydrogens (tertiary/aromatic N) is 1. The summed E-state index contributed by atoms with van der Waals surface area (Å²) in [5.41, 5.74) is 7.25. The predicted molar refractivity (Wildman–Crippen MR) is 84.6 cm³/mol. The standard InChI is InChI=1S/C15H23N3O2S/c16-15-13(8-3-9-14(15)21(17,19)20)18-10-4-6-11-5-1-2-7-12(11)18/h3,8-9,11-12H,1-2,4-7,10,16H2,(H2,17,19,20)/t11-,12-/m1/s1. The fourth-order valence-corrected chi connectivity index (χ4v) is 4.63. The van der Waals surface area contributed by atoms with Crippen LogP contribution in [0.3, 0.4) is 0 Å². The lowest BCUT2D eigenvalue weighted by atomic mass is 9.78. The molecule has 1 aliphatic heterocycles. The Balaban J connectivity index is 1.99. The molecule has 6 heteroatoms. The number of rotatable bonds is 2. The highest BCUT2D eigenvalue weighted by Gasteiger charge is 2.34. The van der Waals surface area contributed by atoms with Crippen LogP contribution in [-0.2, 0) is 10.0 Å². The first-order chi connectivity index (χ1) is 9.98. The minimum atomic E-state index is -3.78. The van der Waals surface area contributed by atoms with Gasteiger partial charge in [-0.3, -0.25) is 0 Å². The Morgan fingerprint density at radius 1 is 1.10 bits per heavy atom. The zero-order valence-electron chi connectivity index (χ0n) is 12.2. The van der Waals surface area contributed by atoms with Gasteiger partial charge in [-0.1, -0.05) is 18.9 Å². The number of nitrogen functional groups attached to an aromatic ring is 1. The quantitative estimate of drug-likeness (QED) is 0.818. The van der Waals surface area contributed by atoms with Crippen molar-refractivity contribution in [1.82, 2.24) is 0 Å². The van der Waals surface area contributed by atoms with Crippen molar-refractivity contribution in [3.05, 3.63) is 18.2 Å². The van der Waals surface area contributed by atoms with Crippen LogP contribution in [0.4, 0.5) is 11.4 Å². The van der Waals surface area contributed by atoms with Crippen LogP contribution >= 0.6 is 0 Å². The maximum Gasteiger partial charge on any atom is 0.240 e. The molecule has 0 aromatic heterocycles. The third-order valence-electron chi connectivity index (χ3n) is 4.90. The van der Waals surface area contributed by atoms with E-state index in [1.807, 2.05) is 6.07 Å². The molecule has 0 bridgehead atoms.